The molecular formula is C26H28FN7O2. The van der Waals surface area contributed by atoms with Gasteiger partial charge in [0.25, 0.3) is 5.91 Å². The number of hydrogen-bond donors (Lipinski definition) is 1. The van der Waals surface area contributed by atoms with E-state index in [0.717, 1.165) is 37.7 Å². The van der Waals surface area contributed by atoms with E-state index in [0.29, 0.717) is 47.2 Å². The highest BCUT2D eigenvalue weighted by Crippen LogP contribution is 2.29. The molecule has 10 heteroatoms. The van der Waals surface area contributed by atoms with E-state index in [1.165, 1.54) is 12.3 Å². The Morgan fingerprint density at radius 2 is 1.89 bits per heavy atom. The Hall–Kier alpha value is -4.08. The third kappa shape index (κ3) is 4.71. The number of nitrogens with zero attached hydrogens (tertiary/aromatic N) is 6. The van der Waals surface area contributed by atoms with Crippen LogP contribution in [0.15, 0.2) is 42.7 Å². The number of benzene rings is 1. The van der Waals surface area contributed by atoms with Crippen LogP contribution in [-0.4, -0.2) is 55.0 Å². The van der Waals surface area contributed by atoms with Crippen LogP contribution in [-0.2, 0) is 6.54 Å². The fourth-order valence-electron chi connectivity index (χ4n) is 4.43. The lowest BCUT2D eigenvalue weighted by Crippen LogP contribution is -2.37. The first kappa shape index (κ1) is 23.7. The van der Waals surface area contributed by atoms with Crippen LogP contribution in [0.4, 0.5) is 10.2 Å². The molecule has 1 fully saturated rings. The van der Waals surface area contributed by atoms with Gasteiger partial charge in [-0.1, -0.05) is 19.1 Å². The lowest BCUT2D eigenvalue weighted by molar-refractivity contribution is 0.0697. The quantitative estimate of drug-likeness (QED) is 0.437. The summed E-state index contributed by atoms with van der Waals surface area (Å²) >= 11 is 0. The maximum absolute atomic E-state index is 14.0. The fraction of sp³-hybridized carbons (Fsp3) is 0.346. The minimum atomic E-state index is -0.477. The maximum Gasteiger partial charge on any atom is 0.320 e. The second-order valence-corrected chi connectivity index (χ2v) is 9.08. The van der Waals surface area contributed by atoms with Gasteiger partial charge in [-0.3, -0.25) is 9.78 Å². The molecule has 1 aliphatic rings. The number of piperidine rings is 1. The average Bonchev–Trinajstić information content (AvgIpc) is 3.23. The monoisotopic (exact) mass is 489 g/mol. The van der Waals surface area contributed by atoms with E-state index in [1.807, 2.05) is 40.7 Å². The van der Waals surface area contributed by atoms with E-state index < -0.39 is 5.82 Å². The van der Waals surface area contributed by atoms with E-state index in [9.17, 15) is 9.18 Å². The number of hydrogen-bond acceptors (Lipinski definition) is 7. The van der Waals surface area contributed by atoms with Crippen molar-refractivity contribution in [2.45, 2.75) is 33.2 Å². The van der Waals surface area contributed by atoms with Crippen molar-refractivity contribution in [1.29, 1.82) is 0 Å². The lowest BCUT2D eigenvalue weighted by atomic mass is 9.98. The molecule has 1 amide bonds. The average molecular weight is 490 g/mol. The van der Waals surface area contributed by atoms with Gasteiger partial charge in [-0.25, -0.2) is 9.37 Å². The molecule has 5 rings (SSSR count). The van der Waals surface area contributed by atoms with Crippen molar-refractivity contribution >= 4 is 22.9 Å². The van der Waals surface area contributed by atoms with Crippen molar-refractivity contribution in [3.63, 3.8) is 0 Å². The largest absolute Gasteiger partial charge is 0.464 e. The van der Waals surface area contributed by atoms with Gasteiger partial charge in [0.15, 0.2) is 17.0 Å². The summed E-state index contributed by atoms with van der Waals surface area (Å²) in [5.41, 5.74) is 9.08. The Balaban J connectivity index is 1.50. The van der Waals surface area contributed by atoms with Crippen molar-refractivity contribution in [3.8, 4) is 17.4 Å². The summed E-state index contributed by atoms with van der Waals surface area (Å²) in [6.07, 6.45) is 4.74. The first-order valence-corrected chi connectivity index (χ1v) is 12.1. The number of carbonyl (C=O) groups is 1. The molecule has 0 saturated carbocycles. The van der Waals surface area contributed by atoms with E-state index in [2.05, 4.69) is 26.9 Å². The number of anilines is 1. The Bertz CT molecular complexity index is 1400. The number of carbonyl (C=O) groups excluding carboxylic acids is 1. The highest BCUT2D eigenvalue weighted by molar-refractivity contribution is 5.94. The Morgan fingerprint density at radius 1 is 1.14 bits per heavy atom. The SMILES string of the molecule is CCOc1nc(N)c2nc(-c3cncc(F)c3)n(Cc3ccc(C(=O)N4CCC(C)CC4)cc3)c2n1. The molecule has 0 aliphatic carbocycles. The second kappa shape index (κ2) is 9.88. The minimum Gasteiger partial charge on any atom is -0.464 e. The molecule has 4 aromatic rings. The van der Waals surface area contributed by atoms with Gasteiger partial charge in [0.1, 0.15) is 11.6 Å². The normalized spacial score (nSPS) is 14.4. The van der Waals surface area contributed by atoms with Crippen molar-refractivity contribution in [2.24, 2.45) is 5.92 Å². The van der Waals surface area contributed by atoms with Gasteiger partial charge in [-0.2, -0.15) is 9.97 Å². The Kier molecular flexibility index (Phi) is 6.49. The molecule has 4 heterocycles. The van der Waals surface area contributed by atoms with Crippen molar-refractivity contribution in [2.75, 3.05) is 25.4 Å². The van der Waals surface area contributed by atoms with Crippen LogP contribution < -0.4 is 10.5 Å². The zero-order valence-electron chi connectivity index (χ0n) is 20.3. The molecular weight excluding hydrogens is 461 g/mol. The lowest BCUT2D eigenvalue weighted by Gasteiger charge is -2.30. The number of fused-ring (bicyclic) bond motifs is 1. The van der Waals surface area contributed by atoms with Crippen LogP contribution in [0, 0.1) is 11.7 Å². The predicted molar refractivity (Wildman–Crippen MR) is 134 cm³/mol. The summed E-state index contributed by atoms with van der Waals surface area (Å²) < 4.78 is 21.3. The topological polar surface area (TPSA) is 112 Å². The molecule has 2 N–H and O–H groups in total. The van der Waals surface area contributed by atoms with E-state index in [-0.39, 0.29) is 17.7 Å². The number of rotatable bonds is 6. The number of pyridine rings is 1. The number of ether oxygens (including phenoxy) is 1. The van der Waals surface area contributed by atoms with Crippen LogP contribution in [0.1, 0.15) is 42.6 Å². The number of imidazole rings is 1. The highest BCUT2D eigenvalue weighted by Gasteiger charge is 2.22. The summed E-state index contributed by atoms with van der Waals surface area (Å²) in [5, 5.41) is 0. The molecule has 1 saturated heterocycles. The number of likely N-dealkylation sites (tertiary alicyclic amines) is 1. The van der Waals surface area contributed by atoms with Crippen LogP contribution >= 0.6 is 0 Å². The van der Waals surface area contributed by atoms with Crippen LogP contribution in [0.2, 0.25) is 0 Å². The number of nitrogens with two attached hydrogens (primary N) is 1. The van der Waals surface area contributed by atoms with E-state index in [4.69, 9.17) is 10.5 Å². The maximum atomic E-state index is 14.0. The summed E-state index contributed by atoms with van der Waals surface area (Å²) in [6, 6.07) is 9.00. The molecule has 1 aliphatic heterocycles. The first-order valence-electron chi connectivity index (χ1n) is 12.1. The van der Waals surface area contributed by atoms with Gasteiger partial charge >= 0.3 is 6.01 Å². The molecule has 36 heavy (non-hydrogen) atoms. The Labute approximate surface area is 208 Å². The molecule has 0 radical (unpaired) electrons. The van der Waals surface area contributed by atoms with Crippen LogP contribution in [0.3, 0.4) is 0 Å². The third-order valence-electron chi connectivity index (χ3n) is 6.45. The number of aromatic nitrogens is 5. The Morgan fingerprint density at radius 3 is 2.58 bits per heavy atom. The summed E-state index contributed by atoms with van der Waals surface area (Å²) in [4.78, 5) is 32.1. The smallest absolute Gasteiger partial charge is 0.320 e. The summed E-state index contributed by atoms with van der Waals surface area (Å²) in [6.45, 7) is 6.37. The van der Waals surface area contributed by atoms with Crippen molar-refractivity contribution < 1.29 is 13.9 Å². The minimum absolute atomic E-state index is 0.0509. The van der Waals surface area contributed by atoms with Gasteiger partial charge in [0.2, 0.25) is 0 Å². The van der Waals surface area contributed by atoms with Gasteiger partial charge in [0, 0.05) is 30.4 Å². The third-order valence-corrected chi connectivity index (χ3v) is 6.45. The van der Waals surface area contributed by atoms with Crippen LogP contribution in [0.5, 0.6) is 6.01 Å². The van der Waals surface area contributed by atoms with Gasteiger partial charge in [-0.05, 0) is 49.4 Å². The molecule has 186 valence electrons. The molecule has 0 spiro atoms. The first-order chi connectivity index (χ1) is 17.4. The number of nitrogen functional groups attached to an aromatic ring is 1. The zero-order chi connectivity index (χ0) is 25.2. The van der Waals surface area contributed by atoms with Crippen LogP contribution in [0.25, 0.3) is 22.6 Å². The van der Waals surface area contributed by atoms with Gasteiger partial charge in [0.05, 0.1) is 19.3 Å². The summed E-state index contributed by atoms with van der Waals surface area (Å²) in [5.74, 6) is 0.855. The molecule has 1 aromatic carbocycles. The molecule has 9 nitrogen and oxygen atoms in total. The molecule has 0 unspecified atom stereocenters. The molecule has 0 bridgehead atoms. The van der Waals surface area contributed by atoms with Gasteiger partial charge in [-0.15, -0.1) is 0 Å². The van der Waals surface area contributed by atoms with Crippen molar-refractivity contribution in [3.05, 3.63) is 59.7 Å². The zero-order valence-corrected chi connectivity index (χ0v) is 20.3. The van der Waals surface area contributed by atoms with Crippen molar-refractivity contribution in [1.82, 2.24) is 29.4 Å². The standard InChI is InChI=1S/C26H28FN7O2/c1-3-36-26-31-22(28)21-24(32-26)34(23(30-21)19-12-20(27)14-29-13-19)15-17-4-6-18(7-5-17)25(35)33-10-8-16(2)9-11-33/h4-7,12-14,16H,3,8-11,15H2,1-2H3,(H2,28,31,32). The molecule has 3 aromatic heterocycles. The number of amides is 1. The van der Waals surface area contributed by atoms with E-state index >= 15 is 0 Å². The highest BCUT2D eigenvalue weighted by atomic mass is 19.1. The second-order valence-electron chi connectivity index (χ2n) is 9.08. The predicted octanol–water partition coefficient (Wildman–Crippen LogP) is 3.93. The molecule has 0 atom stereocenters. The van der Waals surface area contributed by atoms with Gasteiger partial charge < -0.3 is 19.9 Å². The number of halogens is 1. The summed E-state index contributed by atoms with van der Waals surface area (Å²) in [7, 11) is 0. The fourth-order valence-corrected chi connectivity index (χ4v) is 4.43. The van der Waals surface area contributed by atoms with E-state index in [1.54, 1.807) is 0 Å².